The van der Waals surface area contributed by atoms with Gasteiger partial charge in [-0.2, -0.15) is 0 Å². The van der Waals surface area contributed by atoms with E-state index in [1.54, 1.807) is 6.07 Å². The second-order valence-corrected chi connectivity index (χ2v) is 13.1. The quantitative estimate of drug-likeness (QED) is 0.187. The van der Waals surface area contributed by atoms with Gasteiger partial charge < -0.3 is 4.57 Å². The molecule has 0 radical (unpaired) electrons. The molecule has 0 saturated heterocycles. The summed E-state index contributed by atoms with van der Waals surface area (Å²) in [6, 6.07) is 50.0. The SMILES string of the molecule is [2H]c1c([2H])c([2H])c(-c2ccc3c(-c4ccc5c6ccccc6n(-c6ccccc6)c5c4)nc(-n4c5ccccc5c5cc6ccccc6cc54)nc3c2)c([2H])c1[2H]. The Kier molecular flexibility index (Phi) is 5.22. The van der Waals surface area contributed by atoms with Crippen LogP contribution in [0.4, 0.5) is 0 Å². The molecule has 0 aliphatic carbocycles. The molecule has 0 fully saturated rings. The largest absolute Gasteiger partial charge is 0.309 e. The topological polar surface area (TPSA) is 35.6 Å². The van der Waals surface area contributed by atoms with Crippen LogP contribution in [0.3, 0.4) is 0 Å². The zero-order valence-corrected chi connectivity index (χ0v) is 27.7. The molecule has 4 heteroatoms. The first-order chi connectivity index (χ1) is 27.9. The Morgan fingerprint density at radius 3 is 1.83 bits per heavy atom. The number of hydrogen-bond acceptors (Lipinski definition) is 2. The fourth-order valence-corrected chi connectivity index (χ4v) is 7.83. The molecule has 4 nitrogen and oxygen atoms in total. The van der Waals surface area contributed by atoms with E-state index in [-0.39, 0.29) is 29.7 Å². The summed E-state index contributed by atoms with van der Waals surface area (Å²) >= 11 is 0. The lowest BCUT2D eigenvalue weighted by Gasteiger charge is -2.14. The fourth-order valence-electron chi connectivity index (χ4n) is 7.83. The molecule has 0 atom stereocenters. The summed E-state index contributed by atoms with van der Waals surface area (Å²) < 4.78 is 46.9. The molecule has 8 aromatic carbocycles. The summed E-state index contributed by atoms with van der Waals surface area (Å²) in [5.74, 6) is 0.459. The predicted molar refractivity (Wildman–Crippen MR) is 217 cm³/mol. The van der Waals surface area contributed by atoms with E-state index in [0.29, 0.717) is 22.7 Å². The van der Waals surface area contributed by atoms with Crippen LogP contribution in [0.1, 0.15) is 6.85 Å². The van der Waals surface area contributed by atoms with Gasteiger partial charge in [-0.3, -0.25) is 4.57 Å². The van der Waals surface area contributed by atoms with Crippen molar-refractivity contribution >= 4 is 65.3 Å². The van der Waals surface area contributed by atoms with E-state index in [2.05, 4.69) is 100 Å². The molecule has 0 unspecified atom stereocenters. The van der Waals surface area contributed by atoms with Gasteiger partial charge in [-0.15, -0.1) is 0 Å². The summed E-state index contributed by atoms with van der Waals surface area (Å²) in [5.41, 5.74) is 7.88. The lowest BCUT2D eigenvalue weighted by Crippen LogP contribution is -2.04. The molecule has 0 saturated carbocycles. The van der Waals surface area contributed by atoms with Crippen LogP contribution in [0.25, 0.3) is 99.3 Å². The Labute approximate surface area is 306 Å². The van der Waals surface area contributed by atoms with Crippen molar-refractivity contribution in [1.29, 1.82) is 0 Å². The second-order valence-electron chi connectivity index (χ2n) is 13.1. The predicted octanol–water partition coefficient (Wildman–Crippen LogP) is 12.3. The highest BCUT2D eigenvalue weighted by Crippen LogP contribution is 2.39. The van der Waals surface area contributed by atoms with Crippen molar-refractivity contribution in [2.24, 2.45) is 0 Å². The van der Waals surface area contributed by atoms with Crippen LogP contribution in [0.15, 0.2) is 182 Å². The van der Waals surface area contributed by atoms with Gasteiger partial charge in [0.2, 0.25) is 5.95 Å². The van der Waals surface area contributed by atoms with E-state index in [0.717, 1.165) is 71.0 Å². The standard InChI is InChI=1S/C48H30N4/c1-3-13-31(14-4-1)34-23-26-40-42(28-34)49-48(52-44-22-12-10-20-38(44)41-27-32-15-7-8-16-33(32)29-46(41)52)50-47(40)35-24-25-39-37-19-9-11-21-43(37)51(45(39)30-35)36-17-5-2-6-18-36/h1-30H/i1D,3D,4D,13D,14D. The van der Waals surface area contributed by atoms with E-state index in [9.17, 15) is 0 Å². The Hall–Kier alpha value is -7.04. The molecule has 0 amide bonds. The smallest absolute Gasteiger partial charge is 0.235 e. The maximum Gasteiger partial charge on any atom is 0.235 e. The monoisotopic (exact) mass is 667 g/mol. The maximum absolute atomic E-state index is 8.76. The van der Waals surface area contributed by atoms with Crippen LogP contribution in [-0.4, -0.2) is 19.1 Å². The van der Waals surface area contributed by atoms with E-state index in [4.69, 9.17) is 16.8 Å². The zero-order chi connectivity index (χ0) is 38.5. The minimum atomic E-state index is -0.427. The molecule has 0 aliphatic heterocycles. The van der Waals surface area contributed by atoms with E-state index in [1.165, 1.54) is 0 Å². The molecule has 0 bridgehead atoms. The third-order valence-corrected chi connectivity index (χ3v) is 10.2. The Morgan fingerprint density at radius 2 is 1.02 bits per heavy atom. The zero-order valence-electron chi connectivity index (χ0n) is 32.7. The average molecular weight is 668 g/mol. The molecule has 11 rings (SSSR count). The number of rotatable bonds is 4. The lowest BCUT2D eigenvalue weighted by atomic mass is 10.0. The fraction of sp³-hybridized carbons (Fsp3) is 0. The second kappa shape index (κ2) is 11.2. The van der Waals surface area contributed by atoms with E-state index in [1.807, 2.05) is 54.6 Å². The summed E-state index contributed by atoms with van der Waals surface area (Å²) in [6.45, 7) is 0. The van der Waals surface area contributed by atoms with Crippen molar-refractivity contribution in [3.05, 3.63) is 182 Å². The molecular weight excluding hydrogens is 633 g/mol. The molecule has 3 heterocycles. The van der Waals surface area contributed by atoms with Gasteiger partial charge in [-0.1, -0.05) is 127 Å². The number of benzene rings is 8. The van der Waals surface area contributed by atoms with Gasteiger partial charge in [-0.05, 0) is 76.5 Å². The van der Waals surface area contributed by atoms with Crippen molar-refractivity contribution in [2.45, 2.75) is 0 Å². The van der Waals surface area contributed by atoms with Crippen molar-refractivity contribution in [1.82, 2.24) is 19.1 Å². The van der Waals surface area contributed by atoms with Crippen LogP contribution in [-0.2, 0) is 0 Å². The Morgan fingerprint density at radius 1 is 0.404 bits per heavy atom. The van der Waals surface area contributed by atoms with Gasteiger partial charge in [0, 0.05) is 38.2 Å². The first-order valence-corrected chi connectivity index (χ1v) is 17.3. The summed E-state index contributed by atoms with van der Waals surface area (Å²) in [7, 11) is 0. The van der Waals surface area contributed by atoms with Crippen LogP contribution in [0, 0.1) is 0 Å². The summed E-state index contributed by atoms with van der Waals surface area (Å²) in [4.78, 5) is 10.7. The molecule has 11 aromatic rings. The molecular formula is C48H30N4. The van der Waals surface area contributed by atoms with Gasteiger partial charge in [0.05, 0.1) is 40.1 Å². The number of aromatic nitrogens is 4. The van der Waals surface area contributed by atoms with Crippen molar-refractivity contribution < 1.29 is 6.85 Å². The van der Waals surface area contributed by atoms with Crippen molar-refractivity contribution in [3.8, 4) is 34.0 Å². The molecule has 0 N–H and O–H groups in total. The minimum Gasteiger partial charge on any atom is -0.309 e. The number of nitrogens with zero attached hydrogens (tertiary/aromatic N) is 4. The van der Waals surface area contributed by atoms with Gasteiger partial charge in [-0.25, -0.2) is 9.97 Å². The number of para-hydroxylation sites is 3. The van der Waals surface area contributed by atoms with Crippen LogP contribution in [0.5, 0.6) is 0 Å². The lowest BCUT2D eigenvalue weighted by molar-refractivity contribution is 1.01. The van der Waals surface area contributed by atoms with Crippen LogP contribution in [0.2, 0.25) is 0 Å². The third-order valence-electron chi connectivity index (χ3n) is 10.2. The number of hydrogen-bond donors (Lipinski definition) is 0. The molecule has 0 spiro atoms. The van der Waals surface area contributed by atoms with Crippen molar-refractivity contribution in [2.75, 3.05) is 0 Å². The highest BCUT2D eigenvalue weighted by molar-refractivity contribution is 6.14. The first-order valence-electron chi connectivity index (χ1n) is 19.8. The van der Waals surface area contributed by atoms with Gasteiger partial charge in [0.1, 0.15) is 0 Å². The highest BCUT2D eigenvalue weighted by atomic mass is 15.2. The van der Waals surface area contributed by atoms with Crippen LogP contribution >= 0.6 is 0 Å². The van der Waals surface area contributed by atoms with Gasteiger partial charge in [0.15, 0.2) is 0 Å². The Balaban J connectivity index is 1.24. The summed E-state index contributed by atoms with van der Waals surface area (Å²) in [5, 5.41) is 7.42. The number of fused-ring (bicyclic) bond motifs is 8. The molecule has 52 heavy (non-hydrogen) atoms. The van der Waals surface area contributed by atoms with Gasteiger partial charge >= 0.3 is 0 Å². The normalized spacial score (nSPS) is 13.2. The van der Waals surface area contributed by atoms with E-state index >= 15 is 0 Å². The summed E-state index contributed by atoms with van der Waals surface area (Å²) in [6.07, 6.45) is 0. The molecule has 0 aliphatic rings. The maximum atomic E-state index is 8.76. The minimum absolute atomic E-state index is 0.127. The Bertz CT molecular complexity index is 3450. The van der Waals surface area contributed by atoms with Crippen LogP contribution < -0.4 is 0 Å². The van der Waals surface area contributed by atoms with Crippen molar-refractivity contribution in [3.63, 3.8) is 0 Å². The molecule has 242 valence electrons. The highest BCUT2D eigenvalue weighted by Gasteiger charge is 2.20. The van der Waals surface area contributed by atoms with E-state index < -0.39 is 6.04 Å². The average Bonchev–Trinajstić information content (AvgIpc) is 3.76. The van der Waals surface area contributed by atoms with Gasteiger partial charge in [0.25, 0.3) is 0 Å². The third kappa shape index (κ3) is 4.34. The molecule has 3 aromatic heterocycles. The first kappa shape index (κ1) is 24.2.